The quantitative estimate of drug-likeness (QED) is 0.381. The lowest BCUT2D eigenvalue weighted by Crippen LogP contribution is -2.43. The minimum atomic E-state index is -0.276. The van der Waals surface area contributed by atoms with E-state index >= 15 is 0 Å². The number of aromatic nitrogens is 4. The number of carbonyl (C=O) groups excluding carboxylic acids is 1. The summed E-state index contributed by atoms with van der Waals surface area (Å²) in [5.41, 5.74) is 5.01. The van der Waals surface area contributed by atoms with Crippen molar-refractivity contribution in [2.24, 2.45) is 0 Å². The van der Waals surface area contributed by atoms with Crippen LogP contribution in [-0.2, 0) is 6.54 Å². The molecule has 4 aromatic rings. The molecule has 1 saturated heterocycles. The number of hydrogen-bond donors (Lipinski definition) is 2. The second kappa shape index (κ2) is 11.1. The van der Waals surface area contributed by atoms with Crippen LogP contribution >= 0.6 is 0 Å². The number of aromatic amines is 1. The highest BCUT2D eigenvalue weighted by Crippen LogP contribution is 2.26. The molecule has 1 fully saturated rings. The summed E-state index contributed by atoms with van der Waals surface area (Å²) < 4.78 is 0. The van der Waals surface area contributed by atoms with Gasteiger partial charge in [0.1, 0.15) is 5.82 Å². The number of carbonyl (C=O) groups is 1. The molecule has 0 saturated carbocycles. The molecule has 0 unspecified atom stereocenters. The molecule has 0 atom stereocenters. The SMILES string of the molecule is CCCN(C)c1ccc(NC(=O)c2n[nH]c3ccc(-c4cncc(CN5CCN(C)CC5)c4)cc23)cn1. The maximum atomic E-state index is 13.1. The van der Waals surface area contributed by atoms with E-state index in [1.165, 1.54) is 5.56 Å². The molecule has 1 aliphatic rings. The Morgan fingerprint density at radius 1 is 1.05 bits per heavy atom. The van der Waals surface area contributed by atoms with Gasteiger partial charge in [-0.25, -0.2) is 4.98 Å². The molecule has 2 N–H and O–H groups in total. The average Bonchev–Trinajstić information content (AvgIpc) is 3.34. The summed E-state index contributed by atoms with van der Waals surface area (Å²) >= 11 is 0. The standard InChI is InChI=1S/C28H34N8O/c1-4-9-35(3)26-8-6-23(18-30-26)31-28(37)27-24-15-21(5-7-25(24)32-33-27)22-14-20(16-29-17-22)19-36-12-10-34(2)11-13-36/h5-8,14-18H,4,9-13,19H2,1-3H3,(H,31,37)(H,32,33). The highest BCUT2D eigenvalue weighted by Gasteiger charge is 2.17. The monoisotopic (exact) mass is 498 g/mol. The fraction of sp³-hybridized carbons (Fsp3) is 0.357. The lowest BCUT2D eigenvalue weighted by molar-refractivity contribution is 0.102. The second-order valence-electron chi connectivity index (χ2n) is 9.77. The largest absolute Gasteiger partial charge is 0.360 e. The van der Waals surface area contributed by atoms with Crippen LogP contribution in [0.2, 0.25) is 0 Å². The third kappa shape index (κ3) is 5.79. The van der Waals surface area contributed by atoms with Gasteiger partial charge in [0.15, 0.2) is 5.69 Å². The number of hydrogen-bond acceptors (Lipinski definition) is 7. The molecule has 1 aliphatic heterocycles. The minimum absolute atomic E-state index is 0.276. The summed E-state index contributed by atoms with van der Waals surface area (Å²) in [5.74, 6) is 0.597. The van der Waals surface area contributed by atoms with Gasteiger partial charge < -0.3 is 15.1 Å². The van der Waals surface area contributed by atoms with E-state index in [4.69, 9.17) is 0 Å². The summed E-state index contributed by atoms with van der Waals surface area (Å²) in [7, 11) is 4.18. The minimum Gasteiger partial charge on any atom is -0.360 e. The molecule has 0 aliphatic carbocycles. The normalized spacial score (nSPS) is 14.7. The zero-order valence-corrected chi connectivity index (χ0v) is 21.7. The van der Waals surface area contributed by atoms with Gasteiger partial charge in [-0.15, -0.1) is 0 Å². The molecule has 5 rings (SSSR count). The van der Waals surface area contributed by atoms with Crippen LogP contribution in [0.1, 0.15) is 29.4 Å². The van der Waals surface area contributed by atoms with Gasteiger partial charge in [0.2, 0.25) is 0 Å². The molecule has 0 spiro atoms. The number of piperazine rings is 1. The van der Waals surface area contributed by atoms with Crippen molar-refractivity contribution in [3.63, 3.8) is 0 Å². The Hall–Kier alpha value is -3.82. The van der Waals surface area contributed by atoms with Crippen molar-refractivity contribution in [3.05, 3.63) is 66.2 Å². The molecule has 9 heteroatoms. The first-order chi connectivity index (χ1) is 18.0. The van der Waals surface area contributed by atoms with Crippen molar-refractivity contribution in [1.29, 1.82) is 0 Å². The summed E-state index contributed by atoms with van der Waals surface area (Å²) in [6.45, 7) is 8.25. The first-order valence-electron chi connectivity index (χ1n) is 12.8. The fourth-order valence-corrected chi connectivity index (χ4v) is 4.69. The van der Waals surface area contributed by atoms with Gasteiger partial charge in [-0.3, -0.25) is 19.8 Å². The topological polar surface area (TPSA) is 93.3 Å². The van der Waals surface area contributed by atoms with Gasteiger partial charge >= 0.3 is 0 Å². The van der Waals surface area contributed by atoms with Crippen molar-refractivity contribution < 1.29 is 4.79 Å². The van der Waals surface area contributed by atoms with Crippen LogP contribution in [0.25, 0.3) is 22.0 Å². The Balaban J connectivity index is 1.33. The predicted octanol–water partition coefficient (Wildman–Crippen LogP) is 3.87. The van der Waals surface area contributed by atoms with Crippen molar-refractivity contribution in [1.82, 2.24) is 30.0 Å². The molecule has 3 aromatic heterocycles. The average molecular weight is 499 g/mol. The van der Waals surface area contributed by atoms with Crippen LogP contribution in [0.5, 0.6) is 0 Å². The van der Waals surface area contributed by atoms with Crippen LogP contribution in [-0.4, -0.2) is 82.7 Å². The second-order valence-corrected chi connectivity index (χ2v) is 9.77. The number of pyridine rings is 2. The van der Waals surface area contributed by atoms with Crippen LogP contribution in [0, 0.1) is 0 Å². The van der Waals surface area contributed by atoms with E-state index in [2.05, 4.69) is 60.2 Å². The Kier molecular flexibility index (Phi) is 7.43. The number of H-pyrrole nitrogens is 1. The maximum absolute atomic E-state index is 13.1. The van der Waals surface area contributed by atoms with E-state index < -0.39 is 0 Å². The van der Waals surface area contributed by atoms with Crippen molar-refractivity contribution in [3.8, 4) is 11.1 Å². The lowest BCUT2D eigenvalue weighted by atomic mass is 10.0. The third-order valence-corrected chi connectivity index (χ3v) is 6.86. The summed E-state index contributed by atoms with van der Waals surface area (Å²) in [4.78, 5) is 29.0. The van der Waals surface area contributed by atoms with E-state index in [0.29, 0.717) is 11.4 Å². The van der Waals surface area contributed by atoms with E-state index in [0.717, 1.165) is 73.5 Å². The maximum Gasteiger partial charge on any atom is 0.276 e. The molecular formula is C28H34N8O. The van der Waals surface area contributed by atoms with E-state index in [1.807, 2.05) is 49.8 Å². The van der Waals surface area contributed by atoms with Crippen LogP contribution in [0.4, 0.5) is 11.5 Å². The Bertz CT molecular complexity index is 1360. The molecule has 37 heavy (non-hydrogen) atoms. The zero-order chi connectivity index (χ0) is 25.8. The number of nitrogens with one attached hydrogen (secondary N) is 2. The molecule has 192 valence electrons. The first kappa shape index (κ1) is 24.9. The zero-order valence-electron chi connectivity index (χ0n) is 21.7. The van der Waals surface area contributed by atoms with Crippen LogP contribution in [0.15, 0.2) is 55.0 Å². The van der Waals surface area contributed by atoms with Gasteiger partial charge in [-0.05, 0) is 54.9 Å². The molecule has 1 amide bonds. The number of fused-ring (bicyclic) bond motifs is 1. The first-order valence-corrected chi connectivity index (χ1v) is 12.8. The highest BCUT2D eigenvalue weighted by molar-refractivity contribution is 6.11. The number of nitrogens with zero attached hydrogens (tertiary/aromatic N) is 6. The summed E-state index contributed by atoms with van der Waals surface area (Å²) in [6.07, 6.45) is 6.53. The van der Waals surface area contributed by atoms with E-state index in [1.54, 1.807) is 6.20 Å². The van der Waals surface area contributed by atoms with Gasteiger partial charge in [-0.2, -0.15) is 5.10 Å². The molecule has 0 bridgehead atoms. The Labute approximate surface area is 217 Å². The lowest BCUT2D eigenvalue weighted by Gasteiger charge is -2.32. The van der Waals surface area contributed by atoms with Gasteiger partial charge in [-0.1, -0.05) is 13.0 Å². The van der Waals surface area contributed by atoms with E-state index in [-0.39, 0.29) is 5.91 Å². The molecule has 4 heterocycles. The predicted molar refractivity (Wildman–Crippen MR) is 148 cm³/mol. The molecule has 0 radical (unpaired) electrons. The van der Waals surface area contributed by atoms with Crippen molar-refractivity contribution in [2.75, 3.05) is 57.0 Å². The van der Waals surface area contributed by atoms with Crippen LogP contribution < -0.4 is 10.2 Å². The summed E-state index contributed by atoms with van der Waals surface area (Å²) in [5, 5.41) is 11.0. The number of benzene rings is 1. The van der Waals surface area contributed by atoms with Gasteiger partial charge in [0.25, 0.3) is 5.91 Å². The molecule has 1 aromatic carbocycles. The molecule has 9 nitrogen and oxygen atoms in total. The number of amides is 1. The number of anilines is 2. The molecular weight excluding hydrogens is 464 g/mol. The third-order valence-electron chi connectivity index (χ3n) is 6.86. The van der Waals surface area contributed by atoms with Gasteiger partial charge in [0, 0.05) is 69.7 Å². The van der Waals surface area contributed by atoms with Crippen molar-refractivity contribution in [2.45, 2.75) is 19.9 Å². The number of rotatable bonds is 8. The Morgan fingerprint density at radius 3 is 2.65 bits per heavy atom. The number of likely N-dealkylation sites (N-methyl/N-ethyl adjacent to an activating group) is 1. The van der Waals surface area contributed by atoms with Gasteiger partial charge in [0.05, 0.1) is 17.4 Å². The van der Waals surface area contributed by atoms with Crippen LogP contribution in [0.3, 0.4) is 0 Å². The highest BCUT2D eigenvalue weighted by atomic mass is 16.1. The fourth-order valence-electron chi connectivity index (χ4n) is 4.69. The Morgan fingerprint density at radius 2 is 1.89 bits per heavy atom. The summed E-state index contributed by atoms with van der Waals surface area (Å²) in [6, 6.07) is 12.0. The van der Waals surface area contributed by atoms with E-state index in [9.17, 15) is 4.79 Å². The smallest absolute Gasteiger partial charge is 0.276 e. The van der Waals surface area contributed by atoms with Crippen molar-refractivity contribution >= 4 is 28.3 Å².